The summed E-state index contributed by atoms with van der Waals surface area (Å²) >= 11 is 0. The first-order chi connectivity index (χ1) is 7.79. The minimum atomic E-state index is 0.891. The van der Waals surface area contributed by atoms with Crippen LogP contribution in [0.3, 0.4) is 0 Å². The Morgan fingerprint density at radius 3 is 2.56 bits per heavy atom. The van der Waals surface area contributed by atoms with E-state index in [1.54, 1.807) is 0 Å². The zero-order valence-electron chi connectivity index (χ0n) is 9.69. The van der Waals surface area contributed by atoms with Crippen molar-refractivity contribution in [3.05, 3.63) is 35.4 Å². The lowest BCUT2D eigenvalue weighted by Crippen LogP contribution is -2.33. The summed E-state index contributed by atoms with van der Waals surface area (Å²) in [5.41, 5.74) is 3.68. The molecule has 16 heavy (non-hydrogen) atoms. The molecule has 0 atom stereocenters. The number of likely N-dealkylation sites (tertiary alicyclic amines) is 1. The average molecular weight is 218 g/mol. The van der Waals surface area contributed by atoms with E-state index in [0.717, 1.165) is 38.2 Å². The van der Waals surface area contributed by atoms with Gasteiger partial charge in [-0.2, -0.15) is 0 Å². The van der Waals surface area contributed by atoms with E-state index in [2.05, 4.69) is 41.2 Å². The first kappa shape index (κ1) is 11.1. The van der Waals surface area contributed by atoms with Crippen molar-refractivity contribution in [3.63, 3.8) is 0 Å². The van der Waals surface area contributed by atoms with Crippen LogP contribution >= 0.6 is 0 Å². The third-order valence-electron chi connectivity index (χ3n) is 3.23. The van der Waals surface area contributed by atoms with Gasteiger partial charge in [0.1, 0.15) is 0 Å². The number of hydrogen-bond acceptors (Lipinski definition) is 3. The number of piperidine rings is 1. The summed E-state index contributed by atoms with van der Waals surface area (Å²) in [5.74, 6) is 0. The molecule has 1 heterocycles. The summed E-state index contributed by atoms with van der Waals surface area (Å²) in [6, 6.07) is 8.50. The van der Waals surface area contributed by atoms with E-state index >= 15 is 0 Å². The molecule has 0 saturated carbocycles. The van der Waals surface area contributed by atoms with Crippen molar-refractivity contribution in [1.82, 2.24) is 4.90 Å². The Bertz CT molecular complexity index is 377. The van der Waals surface area contributed by atoms with Crippen molar-refractivity contribution < 1.29 is 5.21 Å². The van der Waals surface area contributed by atoms with Crippen molar-refractivity contribution in [1.29, 1.82) is 0 Å². The highest BCUT2D eigenvalue weighted by molar-refractivity contribution is 5.84. The maximum Gasteiger partial charge on any atom is 0.0596 e. The maximum absolute atomic E-state index is 8.68. The van der Waals surface area contributed by atoms with Gasteiger partial charge in [0.05, 0.1) is 5.71 Å². The van der Waals surface area contributed by atoms with E-state index in [-0.39, 0.29) is 0 Å². The van der Waals surface area contributed by atoms with Gasteiger partial charge in [-0.25, -0.2) is 0 Å². The molecule has 1 aliphatic rings. The second-order valence-electron chi connectivity index (χ2n) is 4.37. The molecule has 86 valence electrons. The molecule has 0 spiro atoms. The lowest BCUT2D eigenvalue weighted by Gasteiger charge is -2.27. The molecule has 1 aromatic carbocycles. The number of hydrogen-bond donors (Lipinski definition) is 1. The van der Waals surface area contributed by atoms with Gasteiger partial charge in [0.15, 0.2) is 0 Å². The number of benzene rings is 1. The van der Waals surface area contributed by atoms with Crippen LogP contribution in [0.4, 0.5) is 0 Å². The molecule has 0 aliphatic carbocycles. The molecule has 0 bridgehead atoms. The lowest BCUT2D eigenvalue weighted by molar-refractivity contribution is 0.256. The smallest absolute Gasteiger partial charge is 0.0596 e. The molecule has 0 amide bonds. The van der Waals surface area contributed by atoms with E-state index in [9.17, 15) is 0 Å². The topological polar surface area (TPSA) is 35.8 Å². The van der Waals surface area contributed by atoms with Crippen molar-refractivity contribution in [3.8, 4) is 0 Å². The number of nitrogens with zero attached hydrogens (tertiary/aromatic N) is 2. The summed E-state index contributed by atoms with van der Waals surface area (Å²) < 4.78 is 0. The van der Waals surface area contributed by atoms with Crippen LogP contribution in [0.25, 0.3) is 0 Å². The fourth-order valence-corrected chi connectivity index (χ4v) is 2.10. The fraction of sp³-hybridized carbons (Fsp3) is 0.462. The van der Waals surface area contributed by atoms with Crippen molar-refractivity contribution in [2.45, 2.75) is 26.3 Å². The van der Waals surface area contributed by atoms with Gasteiger partial charge in [0, 0.05) is 32.5 Å². The van der Waals surface area contributed by atoms with Gasteiger partial charge in [0.25, 0.3) is 0 Å². The second-order valence-corrected chi connectivity index (χ2v) is 4.37. The molecule has 1 aliphatic heterocycles. The highest BCUT2D eigenvalue weighted by atomic mass is 16.4. The Hall–Kier alpha value is -1.35. The molecule has 0 unspecified atom stereocenters. The SMILES string of the molecule is Cc1ccccc1CN1CCC(=NO)CC1. The van der Waals surface area contributed by atoms with E-state index in [1.165, 1.54) is 11.1 Å². The van der Waals surface area contributed by atoms with Crippen LogP contribution in [0.15, 0.2) is 29.4 Å². The zero-order chi connectivity index (χ0) is 11.4. The molecule has 1 fully saturated rings. The molecule has 1 aromatic rings. The molecule has 3 heteroatoms. The van der Waals surface area contributed by atoms with Crippen molar-refractivity contribution >= 4 is 5.71 Å². The third kappa shape index (κ3) is 2.61. The molecule has 1 saturated heterocycles. The molecule has 2 rings (SSSR count). The lowest BCUT2D eigenvalue weighted by atomic mass is 10.1. The van der Waals surface area contributed by atoms with Crippen LogP contribution in [0.2, 0.25) is 0 Å². The first-order valence-electron chi connectivity index (χ1n) is 5.76. The van der Waals surface area contributed by atoms with Crippen molar-refractivity contribution in [2.75, 3.05) is 13.1 Å². The standard InChI is InChI=1S/C13H18N2O/c1-11-4-2-3-5-12(11)10-15-8-6-13(14-16)7-9-15/h2-5,16H,6-10H2,1H3. The van der Waals surface area contributed by atoms with Gasteiger partial charge in [-0.1, -0.05) is 29.4 Å². The molecule has 3 nitrogen and oxygen atoms in total. The molecular formula is C13H18N2O. The largest absolute Gasteiger partial charge is 0.411 e. The van der Waals surface area contributed by atoms with Crippen LogP contribution in [0.1, 0.15) is 24.0 Å². The highest BCUT2D eigenvalue weighted by Crippen LogP contribution is 2.14. The van der Waals surface area contributed by atoms with Crippen LogP contribution in [0, 0.1) is 6.92 Å². The van der Waals surface area contributed by atoms with Crippen molar-refractivity contribution in [2.24, 2.45) is 5.16 Å². The summed E-state index contributed by atoms with van der Waals surface area (Å²) in [4.78, 5) is 2.41. The molecule has 1 N–H and O–H groups in total. The van der Waals surface area contributed by atoms with Gasteiger partial charge in [-0.3, -0.25) is 4.90 Å². The molecule has 0 radical (unpaired) electrons. The molecular weight excluding hydrogens is 200 g/mol. The fourth-order valence-electron chi connectivity index (χ4n) is 2.10. The van der Waals surface area contributed by atoms with Gasteiger partial charge >= 0.3 is 0 Å². The van der Waals surface area contributed by atoms with Gasteiger partial charge in [-0.05, 0) is 18.1 Å². The van der Waals surface area contributed by atoms with Gasteiger partial charge in [-0.15, -0.1) is 0 Å². The number of rotatable bonds is 2. The van der Waals surface area contributed by atoms with E-state index in [4.69, 9.17) is 5.21 Å². The maximum atomic E-state index is 8.68. The predicted octanol–water partition coefficient (Wildman–Crippen LogP) is 2.42. The minimum Gasteiger partial charge on any atom is -0.411 e. The Morgan fingerprint density at radius 1 is 1.25 bits per heavy atom. The second kappa shape index (κ2) is 5.12. The Morgan fingerprint density at radius 2 is 1.94 bits per heavy atom. The Labute approximate surface area is 96.4 Å². The highest BCUT2D eigenvalue weighted by Gasteiger charge is 2.15. The van der Waals surface area contributed by atoms with Gasteiger partial charge < -0.3 is 5.21 Å². The van der Waals surface area contributed by atoms with Gasteiger partial charge in [0.2, 0.25) is 0 Å². The van der Waals surface area contributed by atoms with Crippen LogP contribution in [0.5, 0.6) is 0 Å². The zero-order valence-corrected chi connectivity index (χ0v) is 9.69. The van der Waals surface area contributed by atoms with E-state index in [1.807, 2.05) is 0 Å². The summed E-state index contributed by atoms with van der Waals surface area (Å²) in [5, 5.41) is 12.0. The normalized spacial score (nSPS) is 17.4. The Balaban J connectivity index is 1.94. The average Bonchev–Trinajstić information content (AvgIpc) is 2.33. The van der Waals surface area contributed by atoms with Crippen LogP contribution in [-0.4, -0.2) is 28.9 Å². The minimum absolute atomic E-state index is 0.891. The summed E-state index contributed by atoms with van der Waals surface area (Å²) in [7, 11) is 0. The Kier molecular flexibility index (Phi) is 3.57. The third-order valence-corrected chi connectivity index (χ3v) is 3.23. The number of oxime groups is 1. The van der Waals surface area contributed by atoms with Crippen LogP contribution < -0.4 is 0 Å². The van der Waals surface area contributed by atoms with E-state index in [0.29, 0.717) is 0 Å². The first-order valence-corrected chi connectivity index (χ1v) is 5.76. The monoisotopic (exact) mass is 218 g/mol. The quantitative estimate of drug-likeness (QED) is 0.611. The predicted molar refractivity (Wildman–Crippen MR) is 64.9 cm³/mol. The summed E-state index contributed by atoms with van der Waals surface area (Å²) in [6.07, 6.45) is 1.78. The van der Waals surface area contributed by atoms with E-state index < -0.39 is 0 Å². The van der Waals surface area contributed by atoms with Crippen LogP contribution in [-0.2, 0) is 6.54 Å². The summed E-state index contributed by atoms with van der Waals surface area (Å²) in [6.45, 7) is 5.15. The molecule has 0 aromatic heterocycles. The number of aryl methyl sites for hydroxylation is 1.